The fourth-order valence-electron chi connectivity index (χ4n) is 3.37. The van der Waals surface area contributed by atoms with E-state index >= 15 is 0 Å². The maximum absolute atomic E-state index is 9.00. The Hall–Kier alpha value is -3.57. The Morgan fingerprint density at radius 2 is 1.15 bits per heavy atom. The Labute approximate surface area is 243 Å². The van der Waals surface area contributed by atoms with Crippen molar-refractivity contribution in [2.75, 3.05) is 0 Å². The van der Waals surface area contributed by atoms with Crippen molar-refractivity contribution in [1.82, 2.24) is 4.98 Å². The Balaban J connectivity index is 0.00000115. The Bertz CT molecular complexity index is 1160. The first-order valence-corrected chi connectivity index (χ1v) is 13.1. The number of carboxylic acids is 2. The second kappa shape index (κ2) is 21.4. The fraction of sp³-hybridized carbons (Fsp3) is 0.133. The number of hydrogen-bond acceptors (Lipinski definition) is 4. The van der Waals surface area contributed by atoms with E-state index in [0.29, 0.717) is 13.1 Å². The summed E-state index contributed by atoms with van der Waals surface area (Å²) in [4.78, 5) is 30.1. The third kappa shape index (κ3) is 14.8. The van der Waals surface area contributed by atoms with Crippen LogP contribution in [0, 0.1) is 0 Å². The Kier molecular flexibility index (Phi) is 19.4. The molecule has 0 aliphatic carbocycles. The van der Waals surface area contributed by atoms with Crippen LogP contribution >= 0.6 is 7.92 Å². The quantitative estimate of drug-likeness (QED) is 0.134. The van der Waals surface area contributed by atoms with Crippen LogP contribution in [0.5, 0.6) is 0 Å². The number of aliphatic carboxylic acids is 2. The van der Waals surface area contributed by atoms with Crippen LogP contribution in [0.1, 0.15) is 25.1 Å². The van der Waals surface area contributed by atoms with Crippen molar-refractivity contribution in [2.24, 2.45) is 0 Å². The molecule has 0 bridgehead atoms. The van der Waals surface area contributed by atoms with Crippen molar-refractivity contribution in [3.05, 3.63) is 126 Å². The van der Waals surface area contributed by atoms with Crippen LogP contribution < -0.4 is 15.9 Å². The number of benzene rings is 3. The molecule has 204 valence electrons. The standard InChI is InChI=1S/C25H22N2P.2C2H4O2.CHO.Ru/c1-3-13-23(14-4-1)28(24-15-5-2-6-16-24)25-17-8-7-11-21(25)19-26-20-22-12-9-10-18-27-22;2*1-2(3)4;1-2;/h1-18H,19-20H2;2*1H3,(H,3,4);1H;/q-1;;;-1;+2/p+1. The number of hydrogen-bond donors (Lipinski definition) is 2. The van der Waals surface area contributed by atoms with Gasteiger partial charge in [-0.05, 0) is 48.0 Å². The van der Waals surface area contributed by atoms with E-state index in [4.69, 9.17) is 29.9 Å². The molecule has 0 amide bonds. The van der Waals surface area contributed by atoms with E-state index in [2.05, 4.69) is 96.7 Å². The molecule has 0 saturated carbocycles. The summed E-state index contributed by atoms with van der Waals surface area (Å²) in [6, 6.07) is 36.5. The van der Waals surface area contributed by atoms with E-state index in [1.165, 1.54) is 21.5 Å². The SMILES string of the molecule is CC(=O)O.CC(=O)O.[CH-]=O.[Ru+2].c1ccc([PH+](c2ccccc2)c2ccccc2C[N-]Cc2ccccn2)cc1. The van der Waals surface area contributed by atoms with E-state index in [0.717, 1.165) is 19.5 Å². The smallest absolute Gasteiger partial charge is 0.653 e. The molecule has 1 heterocycles. The third-order valence-corrected chi connectivity index (χ3v) is 7.54. The molecule has 0 aliphatic rings. The van der Waals surface area contributed by atoms with E-state index in [-0.39, 0.29) is 19.5 Å². The molecule has 7 nitrogen and oxygen atoms in total. The Morgan fingerprint density at radius 3 is 1.62 bits per heavy atom. The van der Waals surface area contributed by atoms with Gasteiger partial charge in [-0.15, -0.1) is 13.1 Å². The van der Waals surface area contributed by atoms with E-state index < -0.39 is 19.9 Å². The van der Waals surface area contributed by atoms with Crippen molar-refractivity contribution >= 4 is 42.6 Å². The van der Waals surface area contributed by atoms with Crippen molar-refractivity contribution in [3.8, 4) is 0 Å². The molecule has 0 atom stereocenters. The molecule has 0 radical (unpaired) electrons. The molecule has 0 saturated heterocycles. The van der Waals surface area contributed by atoms with Gasteiger partial charge in [0.1, 0.15) is 15.9 Å². The topological polar surface area (TPSA) is 119 Å². The van der Waals surface area contributed by atoms with Gasteiger partial charge in [0.2, 0.25) is 0 Å². The predicted octanol–water partition coefficient (Wildman–Crippen LogP) is 4.55. The van der Waals surface area contributed by atoms with Crippen LogP contribution in [0.2, 0.25) is 0 Å². The van der Waals surface area contributed by atoms with Crippen LogP contribution in [-0.4, -0.2) is 33.9 Å². The van der Waals surface area contributed by atoms with Gasteiger partial charge >= 0.3 is 19.5 Å². The molecule has 3 aromatic carbocycles. The molecule has 0 fully saturated rings. The summed E-state index contributed by atoms with van der Waals surface area (Å²) in [6.45, 7) is 6.77. The van der Waals surface area contributed by atoms with E-state index in [1.807, 2.05) is 24.4 Å². The molecule has 4 rings (SSSR count). The van der Waals surface area contributed by atoms with Crippen LogP contribution in [0.25, 0.3) is 5.32 Å². The monoisotopic (exact) mass is 633 g/mol. The van der Waals surface area contributed by atoms with Crippen molar-refractivity contribution in [2.45, 2.75) is 26.9 Å². The van der Waals surface area contributed by atoms with Gasteiger partial charge in [0.25, 0.3) is 11.9 Å². The molecule has 1 aromatic heterocycles. The molecule has 0 spiro atoms. The zero-order valence-electron chi connectivity index (χ0n) is 21.8. The summed E-state index contributed by atoms with van der Waals surface area (Å²) in [5, 5.41) is 23.8. The number of nitrogens with zero attached hydrogens (tertiary/aromatic N) is 2. The van der Waals surface area contributed by atoms with E-state index in [9.17, 15) is 0 Å². The number of aromatic nitrogens is 1. The fourth-order valence-corrected chi connectivity index (χ4v) is 6.13. The molecule has 2 N–H and O–H groups in total. The average molecular weight is 633 g/mol. The molecular weight excluding hydrogens is 600 g/mol. The largest absolute Gasteiger partial charge is 2.00 e. The van der Waals surface area contributed by atoms with Crippen molar-refractivity contribution in [1.29, 1.82) is 0 Å². The molecule has 0 unspecified atom stereocenters. The zero-order chi connectivity index (χ0) is 28.2. The minimum atomic E-state index is -1.08. The van der Waals surface area contributed by atoms with Crippen molar-refractivity contribution in [3.63, 3.8) is 0 Å². The molecule has 9 heteroatoms. The summed E-state index contributed by atoms with van der Waals surface area (Å²) in [7, 11) is -1.08. The number of pyridine rings is 1. The molecule has 4 aromatic rings. The summed E-state index contributed by atoms with van der Waals surface area (Å²) in [5.41, 5.74) is 2.32. The first kappa shape index (κ1) is 35.4. The van der Waals surface area contributed by atoms with Gasteiger partial charge in [0, 0.05) is 25.7 Å². The van der Waals surface area contributed by atoms with Gasteiger partial charge < -0.3 is 20.3 Å². The summed E-state index contributed by atoms with van der Waals surface area (Å²) in [5.74, 6) is -1.67. The number of rotatable bonds is 7. The molecule has 0 aliphatic heterocycles. The number of carboxylic acid groups (broad SMARTS) is 2. The van der Waals surface area contributed by atoms with Crippen LogP contribution in [0.15, 0.2) is 109 Å². The van der Waals surface area contributed by atoms with Gasteiger partial charge in [-0.1, -0.05) is 60.7 Å². The van der Waals surface area contributed by atoms with Crippen LogP contribution in [-0.2, 0) is 47.0 Å². The van der Waals surface area contributed by atoms with Crippen molar-refractivity contribution < 1.29 is 44.1 Å². The first-order valence-electron chi connectivity index (χ1n) is 11.6. The number of carbonyl (C=O) groups is 2. The van der Waals surface area contributed by atoms with Gasteiger partial charge in [-0.3, -0.25) is 21.4 Å². The maximum atomic E-state index is 9.00. The summed E-state index contributed by atoms with van der Waals surface area (Å²) < 4.78 is 0. The summed E-state index contributed by atoms with van der Waals surface area (Å²) in [6.07, 6.45) is 1.82. The summed E-state index contributed by atoms with van der Waals surface area (Å²) >= 11 is 0. The first-order chi connectivity index (χ1) is 18.4. The second-order valence-electron chi connectivity index (χ2n) is 7.66. The maximum Gasteiger partial charge on any atom is 2.00 e. The van der Waals surface area contributed by atoms with E-state index in [1.54, 1.807) is 0 Å². The zero-order valence-corrected chi connectivity index (χ0v) is 24.5. The minimum Gasteiger partial charge on any atom is -0.653 e. The predicted molar refractivity (Wildman–Crippen MR) is 155 cm³/mol. The van der Waals surface area contributed by atoms with Gasteiger partial charge in [0.05, 0.1) is 7.92 Å². The van der Waals surface area contributed by atoms with Gasteiger partial charge in [-0.2, -0.15) is 0 Å². The second-order valence-corrected chi connectivity index (χ2v) is 10.1. The number of carbonyl (C=O) groups excluding carboxylic acids is 1. The van der Waals surface area contributed by atoms with Crippen LogP contribution in [0.3, 0.4) is 0 Å². The Morgan fingerprint density at radius 1 is 0.718 bits per heavy atom. The molecule has 39 heavy (non-hydrogen) atoms. The third-order valence-electron chi connectivity index (χ3n) is 4.69. The average Bonchev–Trinajstić information content (AvgIpc) is 2.92. The van der Waals surface area contributed by atoms with Gasteiger partial charge in [0.15, 0.2) is 0 Å². The van der Waals surface area contributed by atoms with Crippen LogP contribution in [0.4, 0.5) is 0 Å². The molecular formula is C30H32N2O5PRu+. The normalized spacial score (nSPS) is 9.21. The van der Waals surface area contributed by atoms with Gasteiger partial charge in [-0.25, -0.2) is 0 Å². The minimum absolute atomic E-state index is 0.